The number of anilines is 1. The number of hydrogen-bond acceptors (Lipinski definition) is 4. The number of rotatable bonds is 5. The van der Waals surface area contributed by atoms with Crippen LogP contribution >= 0.6 is 0 Å². The number of methoxy groups -OCH3 is 1. The van der Waals surface area contributed by atoms with Crippen molar-refractivity contribution >= 4 is 11.3 Å². The highest BCUT2D eigenvalue weighted by molar-refractivity contribution is 5.71. The van der Waals surface area contributed by atoms with Crippen molar-refractivity contribution in [3.8, 4) is 22.8 Å². The fourth-order valence-corrected chi connectivity index (χ4v) is 2.92. The molecule has 0 atom stereocenters. The van der Waals surface area contributed by atoms with Gasteiger partial charge in [0, 0.05) is 18.0 Å². The van der Waals surface area contributed by atoms with Gasteiger partial charge in [0.05, 0.1) is 18.5 Å². The summed E-state index contributed by atoms with van der Waals surface area (Å²) in [6.07, 6.45) is 3.80. The molecule has 0 unspecified atom stereocenters. The topological polar surface area (TPSA) is 61.8 Å². The van der Waals surface area contributed by atoms with Gasteiger partial charge in [0.1, 0.15) is 18.2 Å². The zero-order chi connectivity index (χ0) is 18.8. The number of nitrogens with zero attached hydrogens (tertiary/aromatic N) is 2. The molecule has 2 aromatic heterocycles. The van der Waals surface area contributed by atoms with Gasteiger partial charge in [0.2, 0.25) is 0 Å². The minimum absolute atomic E-state index is 0.259. The molecule has 0 fully saturated rings. The first-order valence-corrected chi connectivity index (χ1v) is 8.43. The molecular formula is C21H18FN3O2. The van der Waals surface area contributed by atoms with E-state index in [2.05, 4.69) is 4.98 Å². The summed E-state index contributed by atoms with van der Waals surface area (Å²) in [7, 11) is 1.58. The third kappa shape index (κ3) is 3.42. The summed E-state index contributed by atoms with van der Waals surface area (Å²) < 4.78 is 26.3. The van der Waals surface area contributed by atoms with Crippen LogP contribution in [0.3, 0.4) is 0 Å². The normalized spacial score (nSPS) is 10.9. The number of hydrogen-bond donors (Lipinski definition) is 1. The molecule has 0 saturated heterocycles. The van der Waals surface area contributed by atoms with E-state index >= 15 is 0 Å². The van der Waals surface area contributed by atoms with Crippen LogP contribution < -0.4 is 15.2 Å². The van der Waals surface area contributed by atoms with Crippen molar-refractivity contribution in [1.29, 1.82) is 0 Å². The summed E-state index contributed by atoms with van der Waals surface area (Å²) in [5.41, 5.74) is 9.64. The van der Waals surface area contributed by atoms with Crippen LogP contribution in [-0.4, -0.2) is 16.5 Å². The molecule has 0 aliphatic carbocycles. The zero-order valence-electron chi connectivity index (χ0n) is 14.7. The van der Waals surface area contributed by atoms with Crippen LogP contribution in [-0.2, 0) is 6.61 Å². The van der Waals surface area contributed by atoms with Crippen LogP contribution in [0.4, 0.5) is 10.1 Å². The number of nitrogens with two attached hydrogens (primary N) is 1. The molecule has 4 rings (SSSR count). The number of benzene rings is 2. The minimum Gasteiger partial charge on any atom is -0.495 e. The number of fused-ring (bicyclic) bond motifs is 1. The van der Waals surface area contributed by atoms with Crippen LogP contribution in [0.1, 0.15) is 5.56 Å². The average molecular weight is 363 g/mol. The van der Waals surface area contributed by atoms with Crippen molar-refractivity contribution in [1.82, 2.24) is 9.38 Å². The maximum Gasteiger partial charge on any atom is 0.180 e. The molecule has 0 aliphatic rings. The SMILES string of the molecule is COc1ccc(-c2cn3cccc(OCc4cccc(F)c4)c3n2)cc1N. The molecule has 0 aliphatic heterocycles. The Balaban J connectivity index is 1.65. The third-order valence-electron chi connectivity index (χ3n) is 4.26. The molecule has 2 heterocycles. The Labute approximate surface area is 155 Å². The van der Waals surface area contributed by atoms with Crippen molar-refractivity contribution in [3.63, 3.8) is 0 Å². The Bertz CT molecular complexity index is 1110. The summed E-state index contributed by atoms with van der Waals surface area (Å²) in [6, 6.07) is 15.6. The van der Waals surface area contributed by atoms with Crippen molar-refractivity contribution in [2.24, 2.45) is 0 Å². The van der Waals surface area contributed by atoms with Gasteiger partial charge in [-0.3, -0.25) is 0 Å². The second-order valence-electron chi connectivity index (χ2n) is 6.10. The average Bonchev–Trinajstić information content (AvgIpc) is 3.11. The van der Waals surface area contributed by atoms with Crippen LogP contribution in [0.2, 0.25) is 0 Å². The van der Waals surface area contributed by atoms with E-state index in [9.17, 15) is 4.39 Å². The Kier molecular flexibility index (Phi) is 4.38. The second-order valence-corrected chi connectivity index (χ2v) is 6.10. The van der Waals surface area contributed by atoms with E-state index in [0.29, 0.717) is 22.8 Å². The predicted octanol–water partition coefficient (Wildman–Crippen LogP) is 4.31. The van der Waals surface area contributed by atoms with Crippen LogP contribution in [0.5, 0.6) is 11.5 Å². The van der Waals surface area contributed by atoms with Crippen molar-refractivity contribution in [2.75, 3.05) is 12.8 Å². The lowest BCUT2D eigenvalue weighted by Gasteiger charge is -2.07. The summed E-state index contributed by atoms with van der Waals surface area (Å²) in [5.74, 6) is 0.964. The molecule has 0 spiro atoms. The lowest BCUT2D eigenvalue weighted by atomic mass is 10.1. The summed E-state index contributed by atoms with van der Waals surface area (Å²) >= 11 is 0. The summed E-state index contributed by atoms with van der Waals surface area (Å²) in [6.45, 7) is 0.259. The highest BCUT2D eigenvalue weighted by Crippen LogP contribution is 2.29. The number of halogens is 1. The van der Waals surface area contributed by atoms with Crippen LogP contribution in [0, 0.1) is 5.82 Å². The highest BCUT2D eigenvalue weighted by Gasteiger charge is 2.11. The van der Waals surface area contributed by atoms with Gasteiger partial charge in [0.15, 0.2) is 11.4 Å². The smallest absolute Gasteiger partial charge is 0.180 e. The summed E-state index contributed by atoms with van der Waals surface area (Å²) in [4.78, 5) is 4.68. The van der Waals surface area contributed by atoms with Gasteiger partial charge in [0.25, 0.3) is 0 Å². The number of pyridine rings is 1. The molecule has 6 heteroatoms. The molecule has 4 aromatic rings. The molecular weight excluding hydrogens is 345 g/mol. The van der Waals surface area contributed by atoms with E-state index in [1.54, 1.807) is 13.2 Å². The van der Waals surface area contributed by atoms with Gasteiger partial charge in [-0.05, 0) is 48.0 Å². The highest BCUT2D eigenvalue weighted by atomic mass is 19.1. The molecule has 27 heavy (non-hydrogen) atoms. The molecule has 2 aromatic carbocycles. The van der Waals surface area contributed by atoms with E-state index < -0.39 is 0 Å². The lowest BCUT2D eigenvalue weighted by Crippen LogP contribution is -1.98. The predicted molar refractivity (Wildman–Crippen MR) is 102 cm³/mol. The third-order valence-corrected chi connectivity index (χ3v) is 4.26. The number of aromatic nitrogens is 2. The Hall–Kier alpha value is -3.54. The molecule has 0 bridgehead atoms. The molecule has 0 saturated carbocycles. The van der Waals surface area contributed by atoms with Gasteiger partial charge in [-0.1, -0.05) is 12.1 Å². The standard InChI is InChI=1S/C21H18FN3O2/c1-26-19-8-7-15(11-17(19)23)18-12-25-9-3-6-20(21(25)24-18)27-13-14-4-2-5-16(22)10-14/h2-12H,13,23H2,1H3. The maximum atomic E-state index is 13.3. The Morgan fingerprint density at radius 3 is 2.74 bits per heavy atom. The molecule has 0 radical (unpaired) electrons. The number of imidazole rings is 1. The van der Waals surface area contributed by atoms with E-state index in [-0.39, 0.29) is 12.4 Å². The van der Waals surface area contributed by atoms with E-state index in [4.69, 9.17) is 15.2 Å². The van der Waals surface area contributed by atoms with Gasteiger partial charge >= 0.3 is 0 Å². The monoisotopic (exact) mass is 363 g/mol. The van der Waals surface area contributed by atoms with Gasteiger partial charge in [-0.25, -0.2) is 9.37 Å². The minimum atomic E-state index is -0.283. The Morgan fingerprint density at radius 1 is 1.07 bits per heavy atom. The number of ether oxygens (including phenoxy) is 2. The van der Waals surface area contributed by atoms with Crippen molar-refractivity contribution in [3.05, 3.63) is 78.4 Å². The van der Waals surface area contributed by atoms with E-state index in [0.717, 1.165) is 16.8 Å². The quantitative estimate of drug-likeness (QED) is 0.537. The van der Waals surface area contributed by atoms with E-state index in [1.165, 1.54) is 12.1 Å². The van der Waals surface area contributed by atoms with Gasteiger partial charge in [-0.15, -0.1) is 0 Å². The molecule has 136 valence electrons. The fraction of sp³-hybridized carbons (Fsp3) is 0.0952. The van der Waals surface area contributed by atoms with Gasteiger partial charge < -0.3 is 19.6 Å². The van der Waals surface area contributed by atoms with Crippen molar-refractivity contribution in [2.45, 2.75) is 6.61 Å². The zero-order valence-corrected chi connectivity index (χ0v) is 14.7. The van der Waals surface area contributed by atoms with Gasteiger partial charge in [-0.2, -0.15) is 0 Å². The molecule has 0 amide bonds. The first-order valence-electron chi connectivity index (χ1n) is 8.43. The first kappa shape index (κ1) is 16.9. The molecule has 5 nitrogen and oxygen atoms in total. The fourth-order valence-electron chi connectivity index (χ4n) is 2.92. The van der Waals surface area contributed by atoms with Crippen LogP contribution in [0.15, 0.2) is 67.0 Å². The maximum absolute atomic E-state index is 13.3. The van der Waals surface area contributed by atoms with Crippen LogP contribution in [0.25, 0.3) is 16.9 Å². The Morgan fingerprint density at radius 2 is 1.96 bits per heavy atom. The van der Waals surface area contributed by atoms with E-state index in [1.807, 2.05) is 53.2 Å². The number of nitrogen functional groups attached to an aromatic ring is 1. The summed E-state index contributed by atoms with van der Waals surface area (Å²) in [5, 5.41) is 0. The second kappa shape index (κ2) is 6.99. The molecule has 2 N–H and O–H groups in total. The van der Waals surface area contributed by atoms with Crippen molar-refractivity contribution < 1.29 is 13.9 Å². The first-order chi connectivity index (χ1) is 13.1. The lowest BCUT2D eigenvalue weighted by molar-refractivity contribution is 0.307. The largest absolute Gasteiger partial charge is 0.495 e.